The number of fused-ring (bicyclic) bond motifs is 1. The summed E-state index contributed by atoms with van der Waals surface area (Å²) in [6, 6.07) is 8.55. The number of thiophene rings is 1. The third-order valence-corrected chi connectivity index (χ3v) is 6.00. The molecule has 2 aliphatic rings. The first-order valence-electron chi connectivity index (χ1n) is 9.53. The fraction of sp³-hybridized carbons (Fsp3) is 0.273. The maximum Gasteiger partial charge on any atom is 0.296 e. The minimum absolute atomic E-state index is 0.216. The summed E-state index contributed by atoms with van der Waals surface area (Å²) in [5.74, 6) is 4.09. The first-order chi connectivity index (χ1) is 14.4. The summed E-state index contributed by atoms with van der Waals surface area (Å²) in [5.41, 5.74) is 2.19. The largest absolute Gasteiger partial charge is 0.341 e. The van der Waals surface area contributed by atoms with Gasteiger partial charge in [0.05, 0.1) is 4.88 Å². The molecule has 7 nitrogen and oxygen atoms in total. The van der Waals surface area contributed by atoms with Crippen LogP contribution in [0.3, 0.4) is 0 Å². The van der Waals surface area contributed by atoms with Gasteiger partial charge in [0.2, 0.25) is 11.8 Å². The van der Waals surface area contributed by atoms with Crippen LogP contribution in [0.5, 0.6) is 0 Å². The van der Waals surface area contributed by atoms with Crippen molar-refractivity contribution >= 4 is 35.0 Å². The Morgan fingerprint density at radius 1 is 1.27 bits per heavy atom. The van der Waals surface area contributed by atoms with E-state index in [-0.39, 0.29) is 30.7 Å². The Kier molecular flexibility index (Phi) is 5.38. The molecule has 0 bridgehead atoms. The van der Waals surface area contributed by atoms with Crippen LogP contribution in [0.2, 0.25) is 0 Å². The number of carbonyl (C=O) groups is 4. The van der Waals surface area contributed by atoms with Crippen molar-refractivity contribution in [2.45, 2.75) is 38.9 Å². The maximum absolute atomic E-state index is 12.7. The van der Waals surface area contributed by atoms with Gasteiger partial charge in [-0.3, -0.25) is 24.5 Å². The van der Waals surface area contributed by atoms with Crippen LogP contribution in [-0.4, -0.2) is 34.6 Å². The topological polar surface area (TPSA) is 95.6 Å². The molecular formula is C22H19N3O4S. The van der Waals surface area contributed by atoms with Gasteiger partial charge in [-0.15, -0.1) is 11.3 Å². The molecule has 2 aromatic rings. The molecule has 2 N–H and O–H groups in total. The highest BCUT2D eigenvalue weighted by atomic mass is 32.1. The second-order valence-electron chi connectivity index (χ2n) is 7.23. The van der Waals surface area contributed by atoms with Crippen molar-refractivity contribution in [2.75, 3.05) is 0 Å². The van der Waals surface area contributed by atoms with Gasteiger partial charge in [0.15, 0.2) is 0 Å². The first kappa shape index (κ1) is 19.9. The van der Waals surface area contributed by atoms with Crippen LogP contribution >= 0.6 is 11.3 Å². The zero-order valence-electron chi connectivity index (χ0n) is 16.3. The van der Waals surface area contributed by atoms with Crippen molar-refractivity contribution in [2.24, 2.45) is 0 Å². The Labute approximate surface area is 177 Å². The standard InChI is InChI=1S/C22H19N3O4S/c1-13-2-4-16(30-13)5-8-19(26)23-11-14-3-6-17-15(10-14)12-25(22(17)29)18-7-9-20(27)24-21(18)28/h2-4,6,10,18H,7,9,11-12H2,1H3,(H,23,26)(H,24,27,28). The molecule has 1 fully saturated rings. The molecular weight excluding hydrogens is 402 g/mol. The summed E-state index contributed by atoms with van der Waals surface area (Å²) in [5, 5.41) is 5.05. The first-order valence-corrected chi connectivity index (χ1v) is 10.3. The Bertz CT molecular complexity index is 1120. The van der Waals surface area contributed by atoms with Gasteiger partial charge in [0.1, 0.15) is 6.04 Å². The van der Waals surface area contributed by atoms with Crippen LogP contribution in [0.4, 0.5) is 0 Å². The molecule has 1 saturated heterocycles. The van der Waals surface area contributed by atoms with Crippen molar-refractivity contribution in [1.29, 1.82) is 0 Å². The van der Waals surface area contributed by atoms with Crippen molar-refractivity contribution in [3.63, 3.8) is 0 Å². The number of nitrogens with zero attached hydrogens (tertiary/aromatic N) is 1. The Morgan fingerprint density at radius 3 is 2.83 bits per heavy atom. The van der Waals surface area contributed by atoms with Crippen LogP contribution in [0.15, 0.2) is 30.3 Å². The Hall–Kier alpha value is -3.44. The SMILES string of the molecule is Cc1ccc(C#CC(=O)NCc2ccc3c(c2)CN(C2CCC(=O)NC2=O)C3=O)s1. The maximum atomic E-state index is 12.7. The molecule has 152 valence electrons. The number of carbonyl (C=O) groups excluding carboxylic acids is 4. The second kappa shape index (κ2) is 8.13. The van der Waals surface area contributed by atoms with Crippen LogP contribution in [0.25, 0.3) is 0 Å². The zero-order valence-corrected chi connectivity index (χ0v) is 17.1. The van der Waals surface area contributed by atoms with Gasteiger partial charge in [0.25, 0.3) is 11.8 Å². The van der Waals surface area contributed by atoms with E-state index in [9.17, 15) is 19.2 Å². The van der Waals surface area contributed by atoms with Crippen LogP contribution < -0.4 is 10.6 Å². The number of rotatable bonds is 3. The van der Waals surface area contributed by atoms with Crippen molar-refractivity contribution in [1.82, 2.24) is 15.5 Å². The predicted molar refractivity (Wildman–Crippen MR) is 110 cm³/mol. The van der Waals surface area contributed by atoms with Crippen molar-refractivity contribution in [3.05, 3.63) is 56.8 Å². The zero-order chi connectivity index (χ0) is 21.3. The summed E-state index contributed by atoms with van der Waals surface area (Å²) in [6.07, 6.45) is 0.551. The van der Waals surface area contributed by atoms with Crippen LogP contribution in [0, 0.1) is 18.8 Å². The van der Waals surface area contributed by atoms with E-state index in [4.69, 9.17) is 0 Å². The number of piperidine rings is 1. The minimum Gasteiger partial charge on any atom is -0.341 e. The average Bonchev–Trinajstić information content (AvgIpc) is 3.27. The lowest BCUT2D eigenvalue weighted by molar-refractivity contribution is -0.137. The smallest absolute Gasteiger partial charge is 0.296 e. The molecule has 4 amide bonds. The van der Waals surface area contributed by atoms with E-state index in [1.165, 1.54) is 16.2 Å². The summed E-state index contributed by atoms with van der Waals surface area (Å²) in [4.78, 5) is 51.6. The number of hydrogen-bond donors (Lipinski definition) is 2. The molecule has 8 heteroatoms. The van der Waals surface area contributed by atoms with Crippen LogP contribution in [-0.2, 0) is 27.5 Å². The minimum atomic E-state index is -0.637. The highest BCUT2D eigenvalue weighted by molar-refractivity contribution is 7.12. The fourth-order valence-electron chi connectivity index (χ4n) is 3.58. The summed E-state index contributed by atoms with van der Waals surface area (Å²) in [6.45, 7) is 2.58. The van der Waals surface area contributed by atoms with Gasteiger partial charge < -0.3 is 10.2 Å². The number of benzene rings is 1. The molecule has 0 radical (unpaired) electrons. The van der Waals surface area contributed by atoms with Gasteiger partial charge >= 0.3 is 0 Å². The molecule has 0 saturated carbocycles. The van der Waals surface area contributed by atoms with E-state index < -0.39 is 11.9 Å². The van der Waals surface area contributed by atoms with E-state index in [0.717, 1.165) is 20.9 Å². The van der Waals surface area contributed by atoms with Crippen molar-refractivity contribution in [3.8, 4) is 11.8 Å². The highest BCUT2D eigenvalue weighted by Crippen LogP contribution is 2.28. The van der Waals surface area contributed by atoms with Gasteiger partial charge in [-0.25, -0.2) is 0 Å². The summed E-state index contributed by atoms with van der Waals surface area (Å²) < 4.78 is 0. The average molecular weight is 421 g/mol. The molecule has 1 aromatic carbocycles. The third-order valence-electron chi connectivity index (χ3n) is 5.08. The molecule has 2 aliphatic heterocycles. The molecule has 1 aromatic heterocycles. The van der Waals surface area contributed by atoms with E-state index in [1.54, 1.807) is 12.1 Å². The molecule has 1 atom stereocenters. The van der Waals surface area contributed by atoms with Gasteiger partial charge in [0, 0.05) is 35.9 Å². The molecule has 4 rings (SSSR count). The fourth-order valence-corrected chi connectivity index (χ4v) is 4.31. The van der Waals surface area contributed by atoms with E-state index >= 15 is 0 Å². The summed E-state index contributed by atoms with van der Waals surface area (Å²) in [7, 11) is 0. The predicted octanol–water partition coefficient (Wildman–Crippen LogP) is 1.49. The lowest BCUT2D eigenvalue weighted by Gasteiger charge is -2.29. The van der Waals surface area contributed by atoms with Gasteiger partial charge in [-0.2, -0.15) is 0 Å². The molecule has 0 spiro atoms. The Morgan fingerprint density at radius 2 is 2.10 bits per heavy atom. The van der Waals surface area contributed by atoms with E-state index in [1.807, 2.05) is 25.1 Å². The van der Waals surface area contributed by atoms with E-state index in [0.29, 0.717) is 18.5 Å². The lowest BCUT2D eigenvalue weighted by atomic mass is 10.0. The van der Waals surface area contributed by atoms with Gasteiger partial charge in [-0.05, 0) is 48.6 Å². The highest BCUT2D eigenvalue weighted by Gasteiger charge is 2.38. The summed E-state index contributed by atoms with van der Waals surface area (Å²) >= 11 is 1.53. The molecule has 3 heterocycles. The molecule has 1 unspecified atom stereocenters. The number of aryl methyl sites for hydroxylation is 1. The molecule has 0 aliphatic carbocycles. The quantitative estimate of drug-likeness (QED) is 0.580. The molecule has 30 heavy (non-hydrogen) atoms. The normalized spacial score (nSPS) is 17.8. The monoisotopic (exact) mass is 421 g/mol. The number of hydrogen-bond acceptors (Lipinski definition) is 5. The Balaban J connectivity index is 1.39. The number of amides is 4. The third kappa shape index (κ3) is 4.11. The lowest BCUT2D eigenvalue weighted by Crippen LogP contribution is -2.52. The second-order valence-corrected chi connectivity index (χ2v) is 8.52. The number of nitrogens with one attached hydrogen (secondary N) is 2. The van der Waals surface area contributed by atoms with Crippen LogP contribution in [0.1, 0.15) is 44.1 Å². The number of imide groups is 1. The van der Waals surface area contributed by atoms with Gasteiger partial charge in [-0.1, -0.05) is 12.1 Å². The van der Waals surface area contributed by atoms with Crippen molar-refractivity contribution < 1.29 is 19.2 Å². The van der Waals surface area contributed by atoms with E-state index in [2.05, 4.69) is 22.5 Å².